The molecule has 1 aromatic heterocycles. The van der Waals surface area contributed by atoms with Crippen LogP contribution in [0.2, 0.25) is 0 Å². The van der Waals surface area contributed by atoms with E-state index in [1.807, 2.05) is 18.2 Å². The fourth-order valence-electron chi connectivity index (χ4n) is 1.95. The number of benzene rings is 1. The molecule has 132 valence electrons. The number of carbonyl (C=O) groups is 1. The van der Waals surface area contributed by atoms with Crippen molar-refractivity contribution >= 4 is 18.0 Å². The zero-order valence-electron chi connectivity index (χ0n) is 13.1. The van der Waals surface area contributed by atoms with Crippen LogP contribution in [0.4, 0.5) is 23.8 Å². The average Bonchev–Trinajstić information content (AvgIpc) is 2.58. The Kier molecular flexibility index (Phi) is 5.99. The molecule has 1 amide bonds. The predicted molar refractivity (Wildman–Crippen MR) is 87.3 cm³/mol. The topological polar surface area (TPSA) is 77.2 Å². The molecule has 0 bridgehead atoms. The fourth-order valence-corrected chi connectivity index (χ4v) is 1.95. The predicted octanol–water partition coefficient (Wildman–Crippen LogP) is 3.62. The lowest BCUT2D eigenvalue weighted by Crippen LogP contribution is -2.24. The zero-order valence-corrected chi connectivity index (χ0v) is 13.1. The number of alkyl carbamates (subject to hydrolysis) is 1. The van der Waals surface area contributed by atoms with Crippen molar-refractivity contribution in [3.63, 3.8) is 0 Å². The number of nitrogens with zero attached hydrogens (tertiary/aromatic N) is 1. The molecule has 0 saturated carbocycles. The number of ether oxygens (including phenoxy) is 1. The van der Waals surface area contributed by atoms with Gasteiger partial charge in [0.05, 0.1) is 0 Å². The van der Waals surface area contributed by atoms with Crippen molar-refractivity contribution in [3.05, 3.63) is 65.4 Å². The van der Waals surface area contributed by atoms with Crippen LogP contribution in [-0.4, -0.2) is 17.6 Å². The van der Waals surface area contributed by atoms with Gasteiger partial charge in [-0.3, -0.25) is 0 Å². The van der Waals surface area contributed by atoms with Crippen LogP contribution >= 0.6 is 0 Å². The third-order valence-corrected chi connectivity index (χ3v) is 3.09. The van der Waals surface area contributed by atoms with E-state index < -0.39 is 18.0 Å². The van der Waals surface area contributed by atoms with Crippen LogP contribution in [0.25, 0.3) is 6.08 Å². The minimum absolute atomic E-state index is 0.00922. The van der Waals surface area contributed by atoms with Crippen molar-refractivity contribution in [2.24, 2.45) is 0 Å². The molecule has 0 aliphatic carbocycles. The Balaban J connectivity index is 1.86. The molecule has 2 aromatic rings. The Labute approximate surface area is 142 Å². The first-order valence-corrected chi connectivity index (χ1v) is 7.31. The van der Waals surface area contributed by atoms with Crippen LogP contribution in [0, 0.1) is 0 Å². The molecular formula is C17H16F3N3O2. The Bertz CT molecular complexity index is 747. The van der Waals surface area contributed by atoms with Gasteiger partial charge in [0.1, 0.15) is 12.4 Å². The second-order valence-corrected chi connectivity index (χ2v) is 5.02. The maximum absolute atomic E-state index is 12.9. The smallest absolute Gasteiger partial charge is 0.434 e. The zero-order chi connectivity index (χ0) is 18.3. The molecule has 2 rings (SSSR count). The van der Waals surface area contributed by atoms with E-state index in [9.17, 15) is 18.0 Å². The number of amides is 1. The molecule has 8 heteroatoms. The number of hydrogen-bond acceptors (Lipinski definition) is 4. The van der Waals surface area contributed by atoms with E-state index in [0.29, 0.717) is 0 Å². The Hall–Kier alpha value is -3.03. The van der Waals surface area contributed by atoms with Crippen LogP contribution in [0.1, 0.15) is 16.8 Å². The summed E-state index contributed by atoms with van der Waals surface area (Å²) < 4.78 is 43.6. The monoisotopic (exact) mass is 351 g/mol. The van der Waals surface area contributed by atoms with Crippen molar-refractivity contribution in [3.8, 4) is 0 Å². The number of halogens is 3. The second-order valence-electron chi connectivity index (χ2n) is 5.02. The van der Waals surface area contributed by atoms with Crippen LogP contribution in [0.15, 0.2) is 48.5 Å². The summed E-state index contributed by atoms with van der Waals surface area (Å²) in [6.07, 6.45) is -2.70. The summed E-state index contributed by atoms with van der Waals surface area (Å²) in [7, 11) is 0. The van der Waals surface area contributed by atoms with Gasteiger partial charge in [-0.1, -0.05) is 42.5 Å². The van der Waals surface area contributed by atoms with Crippen molar-refractivity contribution in [2.45, 2.75) is 12.8 Å². The number of anilines is 1. The average molecular weight is 351 g/mol. The van der Waals surface area contributed by atoms with Crippen LogP contribution < -0.4 is 11.1 Å². The number of nitrogen functional groups attached to an aromatic ring is 1. The summed E-state index contributed by atoms with van der Waals surface area (Å²) in [4.78, 5) is 14.8. The van der Waals surface area contributed by atoms with Gasteiger partial charge in [-0.05, 0) is 17.7 Å². The lowest BCUT2D eigenvalue weighted by atomic mass is 10.1. The molecule has 0 aliphatic rings. The van der Waals surface area contributed by atoms with E-state index in [1.165, 1.54) is 24.3 Å². The minimum Gasteiger partial charge on any atom is -0.445 e. The van der Waals surface area contributed by atoms with Crippen LogP contribution in [-0.2, 0) is 17.5 Å². The summed E-state index contributed by atoms with van der Waals surface area (Å²) >= 11 is 0. The highest BCUT2D eigenvalue weighted by atomic mass is 19.4. The standard InChI is InChI=1S/C17H16F3N3O2/c18-17(19,20)15-13(8-9-14(21)23-15)7-4-10-22-16(24)25-11-12-5-2-1-3-6-12/h1-9H,10-11H2,(H2,21,23)(H,22,24). The van der Waals surface area contributed by atoms with Gasteiger partial charge in [-0.2, -0.15) is 13.2 Å². The number of nitrogens with two attached hydrogens (primary N) is 1. The van der Waals surface area contributed by atoms with Gasteiger partial charge in [0.15, 0.2) is 5.69 Å². The number of alkyl halides is 3. The molecule has 0 unspecified atom stereocenters. The van der Waals surface area contributed by atoms with Gasteiger partial charge < -0.3 is 15.8 Å². The molecule has 1 heterocycles. The number of carbonyl (C=O) groups excluding carboxylic acids is 1. The SMILES string of the molecule is Nc1ccc(C=CCNC(=O)OCc2ccccc2)c(C(F)(F)F)n1. The summed E-state index contributed by atoms with van der Waals surface area (Å²) in [6, 6.07) is 11.6. The molecule has 3 N–H and O–H groups in total. The highest BCUT2D eigenvalue weighted by molar-refractivity contribution is 5.67. The Morgan fingerprint density at radius 3 is 2.60 bits per heavy atom. The van der Waals surface area contributed by atoms with E-state index in [0.717, 1.165) is 5.56 Å². The van der Waals surface area contributed by atoms with Gasteiger partial charge in [-0.25, -0.2) is 9.78 Å². The first-order valence-electron chi connectivity index (χ1n) is 7.31. The van der Waals surface area contributed by atoms with Gasteiger partial charge in [-0.15, -0.1) is 0 Å². The van der Waals surface area contributed by atoms with Crippen molar-refractivity contribution in [2.75, 3.05) is 12.3 Å². The van der Waals surface area contributed by atoms with Crippen molar-refractivity contribution in [1.29, 1.82) is 0 Å². The summed E-state index contributed by atoms with van der Waals surface area (Å²) in [5.41, 5.74) is 4.91. The molecular weight excluding hydrogens is 335 g/mol. The number of nitrogens with one attached hydrogen (secondary N) is 1. The van der Waals surface area contributed by atoms with Gasteiger partial charge in [0.25, 0.3) is 0 Å². The van der Waals surface area contributed by atoms with E-state index >= 15 is 0 Å². The molecule has 5 nitrogen and oxygen atoms in total. The molecule has 0 saturated heterocycles. The van der Waals surface area contributed by atoms with Crippen LogP contribution in [0.5, 0.6) is 0 Å². The number of hydrogen-bond donors (Lipinski definition) is 2. The highest BCUT2D eigenvalue weighted by Crippen LogP contribution is 2.31. The van der Waals surface area contributed by atoms with E-state index in [4.69, 9.17) is 10.5 Å². The summed E-state index contributed by atoms with van der Waals surface area (Å²) in [6.45, 7) is 0.117. The number of rotatable bonds is 5. The van der Waals surface area contributed by atoms with Gasteiger partial charge in [0.2, 0.25) is 0 Å². The molecule has 0 spiro atoms. The normalized spacial score (nSPS) is 11.5. The minimum atomic E-state index is -4.61. The van der Waals surface area contributed by atoms with Gasteiger partial charge >= 0.3 is 12.3 Å². The molecule has 0 fully saturated rings. The van der Waals surface area contributed by atoms with E-state index in [1.54, 1.807) is 12.1 Å². The van der Waals surface area contributed by atoms with Crippen LogP contribution in [0.3, 0.4) is 0 Å². The molecule has 0 aliphatic heterocycles. The number of aromatic nitrogens is 1. The number of pyridine rings is 1. The maximum Gasteiger partial charge on any atom is 0.434 e. The third kappa shape index (κ3) is 5.83. The summed E-state index contributed by atoms with van der Waals surface area (Å²) in [5, 5.41) is 2.42. The molecule has 0 radical (unpaired) electrons. The maximum atomic E-state index is 12.9. The first-order chi connectivity index (χ1) is 11.9. The first kappa shape index (κ1) is 18.3. The van der Waals surface area contributed by atoms with Crippen molar-refractivity contribution < 1.29 is 22.7 Å². The Morgan fingerprint density at radius 2 is 1.92 bits per heavy atom. The van der Waals surface area contributed by atoms with Gasteiger partial charge in [0, 0.05) is 12.1 Å². The lowest BCUT2D eigenvalue weighted by Gasteiger charge is -2.09. The third-order valence-electron chi connectivity index (χ3n) is 3.09. The van der Waals surface area contributed by atoms with Crippen molar-refractivity contribution in [1.82, 2.24) is 10.3 Å². The highest BCUT2D eigenvalue weighted by Gasteiger charge is 2.34. The largest absolute Gasteiger partial charge is 0.445 e. The molecule has 1 aromatic carbocycles. The molecule has 25 heavy (non-hydrogen) atoms. The molecule has 0 atom stereocenters. The van der Waals surface area contributed by atoms with E-state index in [2.05, 4.69) is 10.3 Å². The Morgan fingerprint density at radius 1 is 1.20 bits per heavy atom. The summed E-state index contributed by atoms with van der Waals surface area (Å²) in [5.74, 6) is -0.216. The lowest BCUT2D eigenvalue weighted by molar-refractivity contribution is -0.141. The fraction of sp³-hybridized carbons (Fsp3) is 0.176. The quantitative estimate of drug-likeness (QED) is 0.862. The van der Waals surface area contributed by atoms with E-state index in [-0.39, 0.29) is 24.5 Å². The second kappa shape index (κ2) is 8.18.